The van der Waals surface area contributed by atoms with Crippen molar-refractivity contribution in [1.82, 2.24) is 5.32 Å². The van der Waals surface area contributed by atoms with E-state index in [1.807, 2.05) is 30.5 Å². The predicted octanol–water partition coefficient (Wildman–Crippen LogP) is 4.12. The van der Waals surface area contributed by atoms with Crippen LogP contribution in [-0.2, 0) is 12.8 Å². The van der Waals surface area contributed by atoms with E-state index in [1.165, 1.54) is 17.5 Å². The molecule has 0 spiro atoms. The first-order valence-electron chi connectivity index (χ1n) is 6.95. The Morgan fingerprint density at radius 2 is 2.10 bits per heavy atom. The number of carbonyl (C=O) groups excluding carboxylic acids is 1. The van der Waals surface area contributed by atoms with Gasteiger partial charge in [0.2, 0.25) is 0 Å². The number of anilines is 1. The van der Waals surface area contributed by atoms with Crippen LogP contribution in [0.5, 0.6) is 0 Å². The molecule has 1 aliphatic carbocycles. The monoisotopic (exact) mass is 286 g/mol. The highest BCUT2D eigenvalue weighted by atomic mass is 32.1. The second-order valence-corrected chi connectivity index (χ2v) is 6.15. The highest BCUT2D eigenvalue weighted by Crippen LogP contribution is 2.25. The van der Waals surface area contributed by atoms with Gasteiger partial charge in [-0.3, -0.25) is 0 Å². The van der Waals surface area contributed by atoms with Gasteiger partial charge in [0, 0.05) is 10.6 Å². The summed E-state index contributed by atoms with van der Waals surface area (Å²) in [6, 6.07) is 10.1. The molecule has 1 aromatic carbocycles. The van der Waals surface area contributed by atoms with Crippen LogP contribution in [0.4, 0.5) is 10.5 Å². The smallest absolute Gasteiger partial charge is 0.319 e. The molecule has 2 amide bonds. The van der Waals surface area contributed by atoms with Crippen molar-refractivity contribution < 1.29 is 4.79 Å². The normalized spacial score (nSPS) is 14.7. The van der Waals surface area contributed by atoms with E-state index in [-0.39, 0.29) is 12.1 Å². The maximum Gasteiger partial charge on any atom is 0.319 e. The van der Waals surface area contributed by atoms with E-state index < -0.39 is 0 Å². The molecule has 1 aliphatic rings. The largest absolute Gasteiger partial charge is 0.331 e. The zero-order valence-electron chi connectivity index (χ0n) is 11.5. The van der Waals surface area contributed by atoms with Crippen LogP contribution in [0.1, 0.15) is 35.4 Å². The Labute approximate surface area is 123 Å². The molecule has 0 saturated carbocycles. The van der Waals surface area contributed by atoms with Gasteiger partial charge in [0.05, 0.1) is 6.04 Å². The maximum absolute atomic E-state index is 12.0. The molecule has 0 bridgehead atoms. The summed E-state index contributed by atoms with van der Waals surface area (Å²) >= 11 is 1.65. The third-order valence-electron chi connectivity index (χ3n) is 3.67. The van der Waals surface area contributed by atoms with Gasteiger partial charge in [-0.2, -0.15) is 0 Å². The molecule has 0 fully saturated rings. The van der Waals surface area contributed by atoms with Crippen molar-refractivity contribution in [1.29, 1.82) is 0 Å². The van der Waals surface area contributed by atoms with E-state index in [1.54, 1.807) is 11.3 Å². The second-order valence-electron chi connectivity index (χ2n) is 5.17. The molecule has 20 heavy (non-hydrogen) atoms. The topological polar surface area (TPSA) is 41.1 Å². The van der Waals surface area contributed by atoms with Gasteiger partial charge in [-0.1, -0.05) is 12.1 Å². The third-order valence-corrected chi connectivity index (χ3v) is 4.73. The Morgan fingerprint density at radius 1 is 1.25 bits per heavy atom. The average molecular weight is 286 g/mol. The maximum atomic E-state index is 12.0. The Kier molecular flexibility index (Phi) is 3.74. The number of rotatable bonds is 3. The highest BCUT2D eigenvalue weighted by molar-refractivity contribution is 7.10. The predicted molar refractivity (Wildman–Crippen MR) is 83.4 cm³/mol. The lowest BCUT2D eigenvalue weighted by Gasteiger charge is -2.13. The van der Waals surface area contributed by atoms with Crippen LogP contribution in [0.15, 0.2) is 35.7 Å². The molecule has 2 aromatic rings. The minimum atomic E-state index is -0.149. The van der Waals surface area contributed by atoms with Crippen molar-refractivity contribution in [3.05, 3.63) is 51.7 Å². The van der Waals surface area contributed by atoms with E-state index in [0.29, 0.717) is 0 Å². The minimum absolute atomic E-state index is 0.0319. The molecule has 4 heteroatoms. The van der Waals surface area contributed by atoms with Gasteiger partial charge in [-0.15, -0.1) is 11.3 Å². The molecule has 3 rings (SSSR count). The average Bonchev–Trinajstić information content (AvgIpc) is 3.09. The van der Waals surface area contributed by atoms with Crippen molar-refractivity contribution in [2.24, 2.45) is 0 Å². The van der Waals surface area contributed by atoms with Gasteiger partial charge in [-0.05, 0) is 60.9 Å². The van der Waals surface area contributed by atoms with Crippen molar-refractivity contribution in [2.45, 2.75) is 32.2 Å². The Hall–Kier alpha value is -1.81. The molecular weight excluding hydrogens is 268 g/mol. The standard InChI is InChI=1S/C16H18N2OS/c1-11(15-6-3-9-20-15)17-16(19)18-14-8-7-12-4-2-5-13(12)10-14/h3,6-11H,2,4-5H2,1H3,(H2,17,18,19)/t11-/m1/s1. The number of benzene rings is 1. The summed E-state index contributed by atoms with van der Waals surface area (Å²) in [6.45, 7) is 1.99. The van der Waals surface area contributed by atoms with Crippen LogP contribution in [0.2, 0.25) is 0 Å². The summed E-state index contributed by atoms with van der Waals surface area (Å²) in [5.74, 6) is 0. The van der Waals surface area contributed by atoms with E-state index in [0.717, 1.165) is 23.4 Å². The molecule has 0 radical (unpaired) electrons. The summed E-state index contributed by atoms with van der Waals surface area (Å²) in [5, 5.41) is 7.90. The van der Waals surface area contributed by atoms with Gasteiger partial charge >= 0.3 is 6.03 Å². The van der Waals surface area contributed by atoms with Gasteiger partial charge in [0.25, 0.3) is 0 Å². The van der Waals surface area contributed by atoms with Crippen LogP contribution in [0.25, 0.3) is 0 Å². The van der Waals surface area contributed by atoms with Crippen LogP contribution in [0, 0.1) is 0 Å². The fourth-order valence-electron chi connectivity index (χ4n) is 2.62. The number of hydrogen-bond acceptors (Lipinski definition) is 2. The fraction of sp³-hybridized carbons (Fsp3) is 0.312. The number of thiophene rings is 1. The Morgan fingerprint density at radius 3 is 2.90 bits per heavy atom. The Bertz CT molecular complexity index is 607. The quantitative estimate of drug-likeness (QED) is 0.875. The van der Waals surface area contributed by atoms with Crippen LogP contribution >= 0.6 is 11.3 Å². The number of nitrogens with one attached hydrogen (secondary N) is 2. The molecule has 104 valence electrons. The van der Waals surface area contributed by atoms with Crippen LogP contribution in [-0.4, -0.2) is 6.03 Å². The fourth-order valence-corrected chi connectivity index (χ4v) is 3.36. The molecule has 0 saturated heterocycles. The number of carbonyl (C=O) groups is 1. The van der Waals surface area contributed by atoms with Gasteiger partial charge in [0.15, 0.2) is 0 Å². The molecule has 0 unspecified atom stereocenters. The van der Waals surface area contributed by atoms with Crippen molar-refractivity contribution in [3.8, 4) is 0 Å². The zero-order valence-corrected chi connectivity index (χ0v) is 12.3. The summed E-state index contributed by atoms with van der Waals surface area (Å²) in [6.07, 6.45) is 3.51. The molecule has 1 heterocycles. The van der Waals surface area contributed by atoms with Crippen molar-refractivity contribution >= 4 is 23.1 Å². The summed E-state index contributed by atoms with van der Waals surface area (Å²) < 4.78 is 0. The summed E-state index contributed by atoms with van der Waals surface area (Å²) in [5.41, 5.74) is 3.67. The highest BCUT2D eigenvalue weighted by Gasteiger charge is 2.13. The lowest BCUT2D eigenvalue weighted by Crippen LogP contribution is -2.30. The number of urea groups is 1. The zero-order chi connectivity index (χ0) is 13.9. The lowest BCUT2D eigenvalue weighted by atomic mass is 10.1. The minimum Gasteiger partial charge on any atom is -0.331 e. The molecule has 0 aliphatic heterocycles. The number of amides is 2. The first-order chi connectivity index (χ1) is 9.72. The van der Waals surface area contributed by atoms with E-state index in [9.17, 15) is 4.79 Å². The number of hydrogen-bond donors (Lipinski definition) is 2. The van der Waals surface area contributed by atoms with Gasteiger partial charge < -0.3 is 10.6 Å². The van der Waals surface area contributed by atoms with Gasteiger partial charge in [0.1, 0.15) is 0 Å². The van der Waals surface area contributed by atoms with Gasteiger partial charge in [-0.25, -0.2) is 4.79 Å². The molecule has 2 N–H and O–H groups in total. The van der Waals surface area contributed by atoms with E-state index in [2.05, 4.69) is 22.8 Å². The van der Waals surface area contributed by atoms with Crippen LogP contribution < -0.4 is 10.6 Å². The molecule has 3 nitrogen and oxygen atoms in total. The van der Waals surface area contributed by atoms with Crippen molar-refractivity contribution in [2.75, 3.05) is 5.32 Å². The van der Waals surface area contributed by atoms with E-state index in [4.69, 9.17) is 0 Å². The Balaban J connectivity index is 1.61. The summed E-state index contributed by atoms with van der Waals surface area (Å²) in [4.78, 5) is 13.2. The molecular formula is C16H18N2OS. The molecule has 1 atom stereocenters. The second kappa shape index (κ2) is 5.67. The number of fused-ring (bicyclic) bond motifs is 1. The first-order valence-corrected chi connectivity index (χ1v) is 7.83. The van der Waals surface area contributed by atoms with E-state index >= 15 is 0 Å². The molecule has 1 aromatic heterocycles. The van der Waals surface area contributed by atoms with Crippen LogP contribution in [0.3, 0.4) is 0 Å². The summed E-state index contributed by atoms with van der Waals surface area (Å²) in [7, 11) is 0. The third kappa shape index (κ3) is 2.85. The number of aryl methyl sites for hydroxylation is 2. The first kappa shape index (κ1) is 13.2. The lowest BCUT2D eigenvalue weighted by molar-refractivity contribution is 0.249. The van der Waals surface area contributed by atoms with Crippen molar-refractivity contribution in [3.63, 3.8) is 0 Å². The SMILES string of the molecule is C[C@@H](NC(=O)Nc1ccc2c(c1)CCC2)c1cccs1.